The van der Waals surface area contributed by atoms with E-state index in [0.29, 0.717) is 12.2 Å². The van der Waals surface area contributed by atoms with Crippen molar-refractivity contribution in [1.82, 2.24) is 0 Å². The zero-order valence-corrected chi connectivity index (χ0v) is 11.3. The molecule has 3 heteroatoms. The SMILES string of the molecule is BrC[C@H]1CC[C@H](c2cc3ccccc3s2)O1. The van der Waals surface area contributed by atoms with Crippen LogP contribution < -0.4 is 0 Å². The second kappa shape index (κ2) is 4.47. The minimum absolute atomic E-state index is 0.319. The van der Waals surface area contributed by atoms with Crippen LogP contribution in [0.5, 0.6) is 0 Å². The van der Waals surface area contributed by atoms with E-state index in [1.165, 1.54) is 21.4 Å². The predicted octanol–water partition coefficient (Wildman–Crippen LogP) is 4.52. The summed E-state index contributed by atoms with van der Waals surface area (Å²) in [5.41, 5.74) is 0. The molecule has 84 valence electrons. The summed E-state index contributed by atoms with van der Waals surface area (Å²) in [6, 6.07) is 10.8. The normalized spacial score (nSPS) is 25.3. The van der Waals surface area contributed by atoms with Crippen molar-refractivity contribution in [2.24, 2.45) is 0 Å². The van der Waals surface area contributed by atoms with Crippen LogP contribution >= 0.6 is 27.3 Å². The van der Waals surface area contributed by atoms with Gasteiger partial charge in [-0.3, -0.25) is 0 Å². The lowest BCUT2D eigenvalue weighted by Crippen LogP contribution is -2.06. The summed E-state index contributed by atoms with van der Waals surface area (Å²) in [4.78, 5) is 1.38. The van der Waals surface area contributed by atoms with Gasteiger partial charge in [0.25, 0.3) is 0 Å². The molecule has 0 aliphatic carbocycles. The summed E-state index contributed by atoms with van der Waals surface area (Å²) < 4.78 is 7.35. The van der Waals surface area contributed by atoms with Crippen LogP contribution in [0.3, 0.4) is 0 Å². The highest BCUT2D eigenvalue weighted by atomic mass is 79.9. The zero-order valence-electron chi connectivity index (χ0n) is 8.86. The highest BCUT2D eigenvalue weighted by Gasteiger charge is 2.26. The number of rotatable bonds is 2. The summed E-state index contributed by atoms with van der Waals surface area (Å²) in [5.74, 6) is 0. The number of hydrogen-bond acceptors (Lipinski definition) is 2. The van der Waals surface area contributed by atoms with Gasteiger partial charge in [-0.25, -0.2) is 0 Å². The molecule has 2 heterocycles. The Kier molecular flexibility index (Phi) is 3.01. The smallest absolute Gasteiger partial charge is 0.0922 e. The maximum absolute atomic E-state index is 5.99. The van der Waals surface area contributed by atoms with Gasteiger partial charge in [0.15, 0.2) is 0 Å². The zero-order chi connectivity index (χ0) is 11.0. The van der Waals surface area contributed by atoms with Gasteiger partial charge >= 0.3 is 0 Å². The maximum atomic E-state index is 5.99. The molecule has 1 saturated heterocycles. The van der Waals surface area contributed by atoms with Crippen molar-refractivity contribution in [1.29, 1.82) is 0 Å². The lowest BCUT2D eigenvalue weighted by atomic mass is 10.1. The standard InChI is InChI=1S/C13H13BrOS/c14-8-10-5-6-11(15-10)13-7-9-3-1-2-4-12(9)16-13/h1-4,7,10-11H,5-6,8H2/t10-,11-/m1/s1. The van der Waals surface area contributed by atoms with Gasteiger partial charge in [0.1, 0.15) is 0 Å². The monoisotopic (exact) mass is 296 g/mol. The van der Waals surface area contributed by atoms with E-state index in [1.54, 1.807) is 0 Å². The molecule has 2 aromatic rings. The van der Waals surface area contributed by atoms with E-state index in [-0.39, 0.29) is 0 Å². The van der Waals surface area contributed by atoms with Gasteiger partial charge in [-0.1, -0.05) is 34.1 Å². The van der Waals surface area contributed by atoms with Crippen molar-refractivity contribution in [2.45, 2.75) is 25.0 Å². The molecular formula is C13H13BrOS. The Labute approximate surface area is 108 Å². The molecule has 0 radical (unpaired) electrons. The first-order chi connectivity index (χ1) is 7.86. The number of thiophene rings is 1. The fourth-order valence-electron chi connectivity index (χ4n) is 2.19. The quantitative estimate of drug-likeness (QED) is 0.741. The molecule has 0 amide bonds. The molecule has 1 nitrogen and oxygen atoms in total. The van der Waals surface area contributed by atoms with Crippen LogP contribution in [0.25, 0.3) is 10.1 Å². The Morgan fingerprint density at radius 2 is 2.19 bits per heavy atom. The Morgan fingerprint density at radius 1 is 1.31 bits per heavy atom. The third kappa shape index (κ3) is 1.92. The first-order valence-corrected chi connectivity index (χ1v) is 7.50. The van der Waals surface area contributed by atoms with Crippen molar-refractivity contribution < 1.29 is 4.74 Å². The third-order valence-corrected chi connectivity index (χ3v) is 4.97. The Morgan fingerprint density at radius 3 is 2.94 bits per heavy atom. The average Bonchev–Trinajstić information content (AvgIpc) is 2.95. The van der Waals surface area contributed by atoms with Crippen molar-refractivity contribution in [3.05, 3.63) is 35.2 Å². The van der Waals surface area contributed by atoms with E-state index in [4.69, 9.17) is 4.74 Å². The number of ether oxygens (including phenoxy) is 1. The molecule has 1 aliphatic heterocycles. The summed E-state index contributed by atoms with van der Waals surface area (Å²) in [6.45, 7) is 0. The van der Waals surface area contributed by atoms with E-state index in [1.807, 2.05) is 11.3 Å². The predicted molar refractivity (Wildman–Crippen MR) is 72.5 cm³/mol. The lowest BCUT2D eigenvalue weighted by Gasteiger charge is -2.09. The third-order valence-electron chi connectivity index (χ3n) is 3.04. The minimum Gasteiger partial charge on any atom is -0.369 e. The minimum atomic E-state index is 0.319. The molecule has 0 unspecified atom stereocenters. The Balaban J connectivity index is 1.89. The van der Waals surface area contributed by atoms with E-state index in [0.717, 1.165) is 11.8 Å². The number of alkyl halides is 1. The van der Waals surface area contributed by atoms with Crippen molar-refractivity contribution >= 4 is 37.4 Å². The summed E-state index contributed by atoms with van der Waals surface area (Å²) >= 11 is 5.36. The largest absolute Gasteiger partial charge is 0.369 e. The molecule has 0 N–H and O–H groups in total. The van der Waals surface area contributed by atoms with Gasteiger partial charge in [0.05, 0.1) is 12.2 Å². The van der Waals surface area contributed by atoms with Crippen molar-refractivity contribution in [3.8, 4) is 0 Å². The van der Waals surface area contributed by atoms with Gasteiger partial charge in [-0.05, 0) is 30.4 Å². The van der Waals surface area contributed by atoms with E-state index in [2.05, 4.69) is 46.3 Å². The summed E-state index contributed by atoms with van der Waals surface area (Å²) in [7, 11) is 0. The second-order valence-electron chi connectivity index (χ2n) is 4.16. The van der Waals surface area contributed by atoms with Crippen LogP contribution in [0.1, 0.15) is 23.8 Å². The van der Waals surface area contributed by atoms with Crippen molar-refractivity contribution in [3.63, 3.8) is 0 Å². The number of halogens is 1. The molecule has 3 rings (SSSR count). The second-order valence-corrected chi connectivity index (χ2v) is 5.93. The van der Waals surface area contributed by atoms with Gasteiger partial charge in [0.2, 0.25) is 0 Å². The lowest BCUT2D eigenvalue weighted by molar-refractivity contribution is 0.0610. The summed E-state index contributed by atoms with van der Waals surface area (Å²) in [6.07, 6.45) is 3.04. The van der Waals surface area contributed by atoms with Gasteiger partial charge in [0, 0.05) is 14.9 Å². The number of fused-ring (bicyclic) bond motifs is 1. The van der Waals surface area contributed by atoms with Crippen LogP contribution in [-0.2, 0) is 4.74 Å². The first kappa shape index (κ1) is 10.8. The number of benzene rings is 1. The summed E-state index contributed by atoms with van der Waals surface area (Å²) in [5, 5.41) is 2.29. The topological polar surface area (TPSA) is 9.23 Å². The van der Waals surface area contributed by atoms with E-state index in [9.17, 15) is 0 Å². The molecule has 2 atom stereocenters. The van der Waals surface area contributed by atoms with Crippen LogP contribution in [0.2, 0.25) is 0 Å². The highest BCUT2D eigenvalue weighted by molar-refractivity contribution is 9.09. The first-order valence-electron chi connectivity index (χ1n) is 5.57. The van der Waals surface area contributed by atoms with Crippen LogP contribution in [0, 0.1) is 0 Å². The fraction of sp³-hybridized carbons (Fsp3) is 0.385. The highest BCUT2D eigenvalue weighted by Crippen LogP contribution is 2.39. The average molecular weight is 297 g/mol. The Bertz CT molecular complexity index is 460. The van der Waals surface area contributed by atoms with E-state index < -0.39 is 0 Å². The molecular weight excluding hydrogens is 284 g/mol. The number of hydrogen-bond donors (Lipinski definition) is 0. The molecule has 0 saturated carbocycles. The van der Waals surface area contributed by atoms with E-state index >= 15 is 0 Å². The van der Waals surface area contributed by atoms with Gasteiger partial charge in [-0.15, -0.1) is 11.3 Å². The molecule has 0 bridgehead atoms. The molecule has 1 aliphatic rings. The molecule has 0 spiro atoms. The van der Waals surface area contributed by atoms with Crippen LogP contribution in [-0.4, -0.2) is 11.4 Å². The molecule has 16 heavy (non-hydrogen) atoms. The van der Waals surface area contributed by atoms with Crippen LogP contribution in [0.15, 0.2) is 30.3 Å². The van der Waals surface area contributed by atoms with Gasteiger partial charge in [-0.2, -0.15) is 0 Å². The molecule has 1 aromatic heterocycles. The Hall–Kier alpha value is -0.380. The fourth-order valence-corrected chi connectivity index (χ4v) is 3.80. The molecule has 1 aromatic carbocycles. The molecule has 1 fully saturated rings. The maximum Gasteiger partial charge on any atom is 0.0922 e. The van der Waals surface area contributed by atoms with Gasteiger partial charge < -0.3 is 4.74 Å². The van der Waals surface area contributed by atoms with Crippen LogP contribution in [0.4, 0.5) is 0 Å². The van der Waals surface area contributed by atoms with Crippen molar-refractivity contribution in [2.75, 3.05) is 5.33 Å².